The van der Waals surface area contributed by atoms with Crippen molar-refractivity contribution in [3.63, 3.8) is 0 Å². The van der Waals surface area contributed by atoms with Gasteiger partial charge in [-0.15, -0.1) is 0 Å². The molecule has 3 aromatic rings. The van der Waals surface area contributed by atoms with Gasteiger partial charge >= 0.3 is 11.8 Å². The zero-order valence-corrected chi connectivity index (χ0v) is 12.5. The van der Waals surface area contributed by atoms with Crippen molar-refractivity contribution >= 4 is 0 Å². The lowest BCUT2D eigenvalue weighted by Crippen LogP contribution is -2.23. The molecule has 0 amide bonds. The highest BCUT2D eigenvalue weighted by atomic mass is 16.6. The van der Waals surface area contributed by atoms with Crippen molar-refractivity contribution in [2.24, 2.45) is 7.05 Å². The van der Waals surface area contributed by atoms with Gasteiger partial charge in [0.1, 0.15) is 12.9 Å². The van der Waals surface area contributed by atoms with E-state index in [9.17, 15) is 4.79 Å². The molecular formula is C15H15N5O3. The maximum absolute atomic E-state index is 12.2. The number of rotatable bonds is 5. The van der Waals surface area contributed by atoms with Crippen molar-refractivity contribution in [2.75, 3.05) is 0 Å². The molecule has 1 aliphatic rings. The van der Waals surface area contributed by atoms with Crippen LogP contribution in [0.15, 0.2) is 39.9 Å². The normalized spacial score (nSPS) is 14.1. The molecule has 2 heterocycles. The van der Waals surface area contributed by atoms with E-state index in [2.05, 4.69) is 21.5 Å². The summed E-state index contributed by atoms with van der Waals surface area (Å²) in [6, 6.07) is 5.84. The number of aromatic nitrogens is 5. The van der Waals surface area contributed by atoms with Crippen LogP contribution < -0.4 is 10.4 Å². The maximum atomic E-state index is 12.2. The van der Waals surface area contributed by atoms with E-state index in [0.717, 1.165) is 18.4 Å². The van der Waals surface area contributed by atoms with Gasteiger partial charge in [0.15, 0.2) is 0 Å². The third-order valence-electron chi connectivity index (χ3n) is 3.90. The SMILES string of the molecule is Cn1nnn(-c2cccc(C3CC3)c2COc2ncco2)c1=O. The molecule has 0 bridgehead atoms. The summed E-state index contributed by atoms with van der Waals surface area (Å²) in [5, 5.41) is 7.71. The molecule has 1 aliphatic carbocycles. The third kappa shape index (κ3) is 2.52. The van der Waals surface area contributed by atoms with E-state index in [4.69, 9.17) is 9.15 Å². The Morgan fingerprint density at radius 3 is 2.87 bits per heavy atom. The second kappa shape index (κ2) is 5.38. The number of oxazole rings is 1. The second-order valence-corrected chi connectivity index (χ2v) is 5.50. The molecule has 0 N–H and O–H groups in total. The van der Waals surface area contributed by atoms with Gasteiger partial charge < -0.3 is 9.15 Å². The average Bonchev–Trinajstić information content (AvgIpc) is 3.18. The van der Waals surface area contributed by atoms with Gasteiger partial charge in [-0.1, -0.05) is 12.1 Å². The highest BCUT2D eigenvalue weighted by Crippen LogP contribution is 2.42. The molecule has 4 rings (SSSR count). The average molecular weight is 313 g/mol. The molecule has 0 spiro atoms. The molecule has 118 valence electrons. The zero-order valence-electron chi connectivity index (χ0n) is 12.5. The van der Waals surface area contributed by atoms with Gasteiger partial charge in [-0.2, -0.15) is 14.3 Å². The van der Waals surface area contributed by atoms with E-state index < -0.39 is 0 Å². The van der Waals surface area contributed by atoms with Gasteiger partial charge in [0.25, 0.3) is 0 Å². The lowest BCUT2D eigenvalue weighted by molar-refractivity contribution is 0.219. The molecular weight excluding hydrogens is 298 g/mol. The van der Waals surface area contributed by atoms with E-state index in [1.807, 2.05) is 12.1 Å². The highest BCUT2D eigenvalue weighted by molar-refractivity contribution is 5.47. The quantitative estimate of drug-likeness (QED) is 0.707. The Hall–Kier alpha value is -2.90. The maximum Gasteiger partial charge on any atom is 0.393 e. The fourth-order valence-corrected chi connectivity index (χ4v) is 2.60. The molecule has 0 radical (unpaired) electrons. The predicted molar refractivity (Wildman–Crippen MR) is 79.4 cm³/mol. The Kier molecular flexibility index (Phi) is 3.22. The van der Waals surface area contributed by atoms with E-state index >= 15 is 0 Å². The minimum absolute atomic E-state index is 0.202. The molecule has 0 atom stereocenters. The van der Waals surface area contributed by atoms with Crippen molar-refractivity contribution in [1.82, 2.24) is 24.8 Å². The first-order chi connectivity index (χ1) is 11.2. The minimum atomic E-state index is -0.296. The number of hydrogen-bond donors (Lipinski definition) is 0. The molecule has 1 fully saturated rings. The Bertz CT molecular complexity index is 877. The van der Waals surface area contributed by atoms with Crippen molar-refractivity contribution in [2.45, 2.75) is 25.4 Å². The Morgan fingerprint density at radius 1 is 1.35 bits per heavy atom. The Balaban J connectivity index is 1.77. The Labute approximate surface area is 131 Å². The molecule has 2 aromatic heterocycles. The molecule has 23 heavy (non-hydrogen) atoms. The number of benzene rings is 1. The van der Waals surface area contributed by atoms with Crippen LogP contribution in [0.5, 0.6) is 6.08 Å². The van der Waals surface area contributed by atoms with Gasteiger partial charge in [-0.05, 0) is 40.8 Å². The standard InChI is InChI=1S/C15H15N5O3/c1-19-15(21)20(18-17-19)13-4-2-3-11(10-5-6-10)12(13)9-23-14-16-7-8-22-14/h2-4,7-8,10H,5-6,9H2,1H3. The van der Waals surface area contributed by atoms with Crippen LogP contribution in [0, 0.1) is 0 Å². The van der Waals surface area contributed by atoms with E-state index in [1.54, 1.807) is 7.05 Å². The van der Waals surface area contributed by atoms with Crippen LogP contribution >= 0.6 is 0 Å². The summed E-state index contributed by atoms with van der Waals surface area (Å²) in [5.74, 6) is 0.505. The van der Waals surface area contributed by atoms with Crippen LogP contribution in [0.1, 0.15) is 29.9 Å². The summed E-state index contributed by atoms with van der Waals surface area (Å²) in [5.41, 5.74) is 2.47. The van der Waals surface area contributed by atoms with Gasteiger partial charge in [-0.25, -0.2) is 4.79 Å². The first-order valence-electron chi connectivity index (χ1n) is 7.37. The number of nitrogens with zero attached hydrogens (tertiary/aromatic N) is 5. The first-order valence-corrected chi connectivity index (χ1v) is 7.37. The summed E-state index contributed by atoms with van der Waals surface area (Å²) >= 11 is 0. The number of ether oxygens (including phenoxy) is 1. The van der Waals surface area contributed by atoms with Crippen LogP contribution in [0.2, 0.25) is 0 Å². The monoisotopic (exact) mass is 313 g/mol. The van der Waals surface area contributed by atoms with Crippen LogP contribution in [0.3, 0.4) is 0 Å². The van der Waals surface area contributed by atoms with Crippen LogP contribution in [0.25, 0.3) is 5.69 Å². The van der Waals surface area contributed by atoms with Crippen LogP contribution in [-0.4, -0.2) is 24.8 Å². The predicted octanol–water partition coefficient (Wildman–Crippen LogP) is 1.41. The molecule has 8 heteroatoms. The van der Waals surface area contributed by atoms with Crippen molar-refractivity contribution in [1.29, 1.82) is 0 Å². The second-order valence-electron chi connectivity index (χ2n) is 5.50. The number of aryl methyl sites for hydroxylation is 1. The van der Waals surface area contributed by atoms with Crippen molar-refractivity contribution in [3.8, 4) is 11.8 Å². The fourth-order valence-electron chi connectivity index (χ4n) is 2.60. The van der Waals surface area contributed by atoms with E-state index in [0.29, 0.717) is 11.6 Å². The summed E-state index contributed by atoms with van der Waals surface area (Å²) in [4.78, 5) is 16.1. The molecule has 0 unspecified atom stereocenters. The van der Waals surface area contributed by atoms with E-state index in [-0.39, 0.29) is 18.4 Å². The topological polar surface area (TPSA) is 88.0 Å². The number of hydrogen-bond acceptors (Lipinski definition) is 6. The smallest absolute Gasteiger partial charge is 0.393 e. The molecule has 0 aliphatic heterocycles. The fraction of sp³-hybridized carbons (Fsp3) is 0.333. The van der Waals surface area contributed by atoms with Crippen molar-refractivity contribution < 1.29 is 9.15 Å². The lowest BCUT2D eigenvalue weighted by Gasteiger charge is -2.13. The Morgan fingerprint density at radius 2 is 2.22 bits per heavy atom. The van der Waals surface area contributed by atoms with Gasteiger partial charge in [0.2, 0.25) is 0 Å². The van der Waals surface area contributed by atoms with Gasteiger partial charge in [-0.3, -0.25) is 0 Å². The van der Waals surface area contributed by atoms with Crippen molar-refractivity contribution in [3.05, 3.63) is 52.3 Å². The van der Waals surface area contributed by atoms with Gasteiger partial charge in [0.05, 0.1) is 11.9 Å². The summed E-state index contributed by atoms with van der Waals surface area (Å²) in [6.07, 6.45) is 5.47. The minimum Gasteiger partial charge on any atom is -0.445 e. The molecule has 1 aromatic carbocycles. The van der Waals surface area contributed by atoms with Gasteiger partial charge in [0, 0.05) is 12.6 Å². The summed E-state index contributed by atoms with van der Waals surface area (Å²) in [6.45, 7) is 0.255. The third-order valence-corrected chi connectivity index (χ3v) is 3.90. The molecule has 0 saturated heterocycles. The molecule has 1 saturated carbocycles. The largest absolute Gasteiger partial charge is 0.445 e. The summed E-state index contributed by atoms with van der Waals surface area (Å²) < 4.78 is 13.2. The molecule has 8 nitrogen and oxygen atoms in total. The highest BCUT2D eigenvalue weighted by Gasteiger charge is 2.28. The summed E-state index contributed by atoms with van der Waals surface area (Å²) in [7, 11) is 1.57. The van der Waals surface area contributed by atoms with Crippen LogP contribution in [0.4, 0.5) is 0 Å². The number of tetrazole rings is 1. The first kappa shape index (κ1) is 13.7. The lowest BCUT2D eigenvalue weighted by atomic mass is 10.0. The van der Waals surface area contributed by atoms with Crippen LogP contribution in [-0.2, 0) is 13.7 Å². The zero-order chi connectivity index (χ0) is 15.8. The van der Waals surface area contributed by atoms with E-state index in [1.165, 1.54) is 27.4 Å².